The predicted molar refractivity (Wildman–Crippen MR) is 74.9 cm³/mol. The Bertz CT molecular complexity index is 533. The van der Waals surface area contributed by atoms with Crippen molar-refractivity contribution in [2.75, 3.05) is 0 Å². The number of hydrogen-bond donors (Lipinski definition) is 1. The molecule has 0 saturated carbocycles. The molecule has 0 aromatic carbocycles. The lowest BCUT2D eigenvalue weighted by Gasteiger charge is -2.06. The molecule has 0 saturated heterocycles. The van der Waals surface area contributed by atoms with Crippen molar-refractivity contribution < 1.29 is 5.11 Å². The molecule has 1 aliphatic rings. The number of aliphatic hydroxyl groups is 1. The van der Waals surface area contributed by atoms with Crippen LogP contribution in [0.1, 0.15) is 42.2 Å². The van der Waals surface area contributed by atoms with E-state index in [1.54, 1.807) is 0 Å². The Morgan fingerprint density at radius 2 is 2.21 bits per heavy atom. The van der Waals surface area contributed by atoms with E-state index >= 15 is 0 Å². The molecule has 1 aliphatic carbocycles. The van der Waals surface area contributed by atoms with E-state index in [4.69, 9.17) is 0 Å². The van der Waals surface area contributed by atoms with Crippen LogP contribution in [0.2, 0.25) is 0 Å². The van der Waals surface area contributed by atoms with Crippen molar-refractivity contribution in [3.05, 3.63) is 53.6 Å². The second kappa shape index (κ2) is 5.57. The van der Waals surface area contributed by atoms with Crippen LogP contribution in [0.4, 0.5) is 0 Å². The Labute approximate surface area is 113 Å². The molecule has 2 aromatic rings. The topological polar surface area (TPSA) is 38.0 Å². The van der Waals surface area contributed by atoms with Crippen LogP contribution in [0.15, 0.2) is 36.8 Å². The van der Waals surface area contributed by atoms with E-state index in [1.165, 1.54) is 12.0 Å². The highest BCUT2D eigenvalue weighted by Gasteiger charge is 2.18. The molecule has 2 aromatic heterocycles. The molecule has 3 nitrogen and oxygen atoms in total. The monoisotopic (exact) mass is 256 g/mol. The lowest BCUT2D eigenvalue weighted by Crippen LogP contribution is -2.00. The quantitative estimate of drug-likeness (QED) is 0.857. The lowest BCUT2D eigenvalue weighted by atomic mass is 10.1. The first kappa shape index (κ1) is 12.4. The zero-order chi connectivity index (χ0) is 13.1. The van der Waals surface area contributed by atoms with Gasteiger partial charge >= 0.3 is 0 Å². The molecule has 0 amide bonds. The zero-order valence-corrected chi connectivity index (χ0v) is 11.1. The molecule has 3 rings (SSSR count). The third-order valence-electron chi connectivity index (χ3n) is 3.88. The molecular formula is C16H20N2O. The summed E-state index contributed by atoms with van der Waals surface area (Å²) in [5, 5.41) is 10.1. The van der Waals surface area contributed by atoms with Gasteiger partial charge in [0.1, 0.15) is 0 Å². The van der Waals surface area contributed by atoms with Gasteiger partial charge in [-0.3, -0.25) is 4.98 Å². The van der Waals surface area contributed by atoms with Crippen molar-refractivity contribution in [3.63, 3.8) is 0 Å². The minimum atomic E-state index is -0.270. The molecule has 0 fully saturated rings. The summed E-state index contributed by atoms with van der Waals surface area (Å²) in [6.45, 7) is 0.927. The van der Waals surface area contributed by atoms with Gasteiger partial charge in [-0.05, 0) is 37.0 Å². The Kier molecular flexibility index (Phi) is 3.65. The summed E-state index contributed by atoms with van der Waals surface area (Å²) in [5.74, 6) is 0. The Morgan fingerprint density at radius 3 is 3.05 bits per heavy atom. The SMILES string of the molecule is OC1CCCCc2cn(CCc3ccccn3)cc21. The van der Waals surface area contributed by atoms with Gasteiger partial charge in [-0.1, -0.05) is 12.5 Å². The molecule has 3 heteroatoms. The summed E-state index contributed by atoms with van der Waals surface area (Å²) in [6.07, 6.45) is 11.1. The molecular weight excluding hydrogens is 236 g/mol. The van der Waals surface area contributed by atoms with Crippen LogP contribution >= 0.6 is 0 Å². The maximum atomic E-state index is 10.1. The smallest absolute Gasteiger partial charge is 0.0807 e. The van der Waals surface area contributed by atoms with Crippen molar-refractivity contribution in [2.45, 2.75) is 44.8 Å². The van der Waals surface area contributed by atoms with Crippen LogP contribution in [-0.4, -0.2) is 14.7 Å². The van der Waals surface area contributed by atoms with Crippen molar-refractivity contribution >= 4 is 0 Å². The van der Waals surface area contributed by atoms with Gasteiger partial charge in [0.05, 0.1) is 6.10 Å². The van der Waals surface area contributed by atoms with Crippen LogP contribution in [0.3, 0.4) is 0 Å². The summed E-state index contributed by atoms with van der Waals surface area (Å²) in [7, 11) is 0. The second-order valence-corrected chi connectivity index (χ2v) is 5.31. The van der Waals surface area contributed by atoms with Gasteiger partial charge in [-0.15, -0.1) is 0 Å². The first-order valence-electron chi connectivity index (χ1n) is 7.09. The summed E-state index contributed by atoms with van der Waals surface area (Å²) in [5.41, 5.74) is 3.58. The standard InChI is InChI=1S/C16H20N2O/c19-16-7-2-1-5-13-11-18(12-15(13)16)10-8-14-6-3-4-9-17-14/h3-4,6,9,11-12,16,19H,1-2,5,7-8,10H2. The van der Waals surface area contributed by atoms with E-state index in [0.717, 1.165) is 43.5 Å². The van der Waals surface area contributed by atoms with Crippen molar-refractivity contribution in [3.8, 4) is 0 Å². The molecule has 1 unspecified atom stereocenters. The van der Waals surface area contributed by atoms with E-state index < -0.39 is 0 Å². The third-order valence-corrected chi connectivity index (χ3v) is 3.88. The number of aromatic nitrogens is 2. The van der Waals surface area contributed by atoms with Crippen LogP contribution < -0.4 is 0 Å². The largest absolute Gasteiger partial charge is 0.388 e. The fraction of sp³-hybridized carbons (Fsp3) is 0.438. The first-order chi connectivity index (χ1) is 9.33. The highest BCUT2D eigenvalue weighted by molar-refractivity contribution is 5.28. The fourth-order valence-corrected chi connectivity index (χ4v) is 2.81. The van der Waals surface area contributed by atoms with Crippen LogP contribution in [0.5, 0.6) is 0 Å². The Balaban J connectivity index is 1.71. The zero-order valence-electron chi connectivity index (χ0n) is 11.1. The fourth-order valence-electron chi connectivity index (χ4n) is 2.81. The average Bonchev–Trinajstić information content (AvgIpc) is 2.78. The van der Waals surface area contributed by atoms with Crippen LogP contribution in [0, 0.1) is 0 Å². The second-order valence-electron chi connectivity index (χ2n) is 5.31. The Morgan fingerprint density at radius 1 is 1.26 bits per heavy atom. The van der Waals surface area contributed by atoms with Gasteiger partial charge < -0.3 is 9.67 Å². The number of nitrogens with zero attached hydrogens (tertiary/aromatic N) is 2. The highest BCUT2D eigenvalue weighted by atomic mass is 16.3. The van der Waals surface area contributed by atoms with Crippen LogP contribution in [-0.2, 0) is 19.4 Å². The number of hydrogen-bond acceptors (Lipinski definition) is 2. The molecule has 1 N–H and O–H groups in total. The summed E-state index contributed by atoms with van der Waals surface area (Å²) >= 11 is 0. The van der Waals surface area contributed by atoms with E-state index in [1.807, 2.05) is 18.3 Å². The first-order valence-corrected chi connectivity index (χ1v) is 7.09. The summed E-state index contributed by atoms with van der Waals surface area (Å²) in [4.78, 5) is 4.34. The molecule has 0 bridgehead atoms. The molecule has 0 spiro atoms. The lowest BCUT2D eigenvalue weighted by molar-refractivity contribution is 0.166. The van der Waals surface area contributed by atoms with Gasteiger partial charge in [-0.2, -0.15) is 0 Å². The number of rotatable bonds is 3. The highest BCUT2D eigenvalue weighted by Crippen LogP contribution is 2.29. The maximum Gasteiger partial charge on any atom is 0.0807 e. The van der Waals surface area contributed by atoms with Crippen molar-refractivity contribution in [1.82, 2.24) is 9.55 Å². The van der Waals surface area contributed by atoms with Gasteiger partial charge in [-0.25, -0.2) is 0 Å². The van der Waals surface area contributed by atoms with Gasteiger partial charge in [0.15, 0.2) is 0 Å². The van der Waals surface area contributed by atoms with Gasteiger partial charge in [0.25, 0.3) is 0 Å². The molecule has 0 aliphatic heterocycles. The minimum absolute atomic E-state index is 0.270. The maximum absolute atomic E-state index is 10.1. The number of aliphatic hydroxyl groups excluding tert-OH is 1. The van der Waals surface area contributed by atoms with E-state index in [0.29, 0.717) is 0 Å². The number of aryl methyl sites for hydroxylation is 3. The molecule has 19 heavy (non-hydrogen) atoms. The van der Waals surface area contributed by atoms with E-state index in [9.17, 15) is 5.11 Å². The predicted octanol–water partition coefficient (Wildman–Crippen LogP) is 2.89. The van der Waals surface area contributed by atoms with Gasteiger partial charge in [0.2, 0.25) is 0 Å². The molecule has 100 valence electrons. The van der Waals surface area contributed by atoms with Crippen molar-refractivity contribution in [2.24, 2.45) is 0 Å². The van der Waals surface area contributed by atoms with Crippen LogP contribution in [0.25, 0.3) is 0 Å². The molecule has 2 heterocycles. The van der Waals surface area contributed by atoms with Gasteiger partial charge in [0, 0.05) is 42.8 Å². The molecule has 0 radical (unpaired) electrons. The summed E-state index contributed by atoms with van der Waals surface area (Å²) in [6, 6.07) is 6.03. The molecule has 1 atom stereocenters. The van der Waals surface area contributed by atoms with Crippen molar-refractivity contribution in [1.29, 1.82) is 0 Å². The summed E-state index contributed by atoms with van der Waals surface area (Å²) < 4.78 is 2.20. The third kappa shape index (κ3) is 2.87. The van der Waals surface area contributed by atoms with E-state index in [-0.39, 0.29) is 6.10 Å². The average molecular weight is 256 g/mol. The minimum Gasteiger partial charge on any atom is -0.388 e. The normalized spacial score (nSPS) is 18.9. The number of fused-ring (bicyclic) bond motifs is 1. The Hall–Kier alpha value is -1.61. The number of pyridine rings is 1. The van der Waals surface area contributed by atoms with E-state index in [2.05, 4.69) is 28.0 Å².